The Kier molecular flexibility index (Phi) is 5.47. The molecule has 1 atom stereocenters. The van der Waals surface area contributed by atoms with Gasteiger partial charge >= 0.3 is 5.97 Å². The highest BCUT2D eigenvalue weighted by atomic mass is 32.2. The van der Waals surface area contributed by atoms with Crippen LogP contribution in [0.2, 0.25) is 0 Å². The molecule has 0 aliphatic heterocycles. The highest BCUT2D eigenvalue weighted by Gasteiger charge is 2.17. The fourth-order valence-electron chi connectivity index (χ4n) is 1.78. The molecule has 5 heteroatoms. The van der Waals surface area contributed by atoms with Gasteiger partial charge < -0.3 is 10.4 Å². The molecule has 0 saturated carbocycles. The lowest BCUT2D eigenvalue weighted by atomic mass is 10.1. The fraction of sp³-hybridized carbons (Fsp3) is 0.538. The number of rotatable bonds is 6. The number of aromatic carboxylic acids is 1. The van der Waals surface area contributed by atoms with E-state index < -0.39 is 5.97 Å². The Hall–Kier alpha value is -1.23. The highest BCUT2D eigenvalue weighted by Crippen LogP contribution is 2.20. The Labute approximate surface area is 112 Å². The molecule has 0 aromatic carbocycles. The number of thioether (sulfide) groups is 1. The minimum Gasteiger partial charge on any atom is -0.478 e. The van der Waals surface area contributed by atoms with E-state index in [-0.39, 0.29) is 11.6 Å². The number of anilines is 1. The van der Waals surface area contributed by atoms with E-state index >= 15 is 0 Å². The molecule has 0 saturated heterocycles. The third kappa shape index (κ3) is 3.91. The highest BCUT2D eigenvalue weighted by molar-refractivity contribution is 7.99. The van der Waals surface area contributed by atoms with E-state index in [0.717, 1.165) is 22.8 Å². The molecular weight excluding hydrogens is 248 g/mol. The number of aromatic nitrogens is 1. The number of pyridine rings is 1. The summed E-state index contributed by atoms with van der Waals surface area (Å²) in [4.78, 5) is 15.6. The Morgan fingerprint density at radius 1 is 1.56 bits per heavy atom. The fourth-order valence-corrected chi connectivity index (χ4v) is 2.45. The van der Waals surface area contributed by atoms with E-state index in [1.54, 1.807) is 13.0 Å². The smallest absolute Gasteiger partial charge is 0.339 e. The van der Waals surface area contributed by atoms with Crippen molar-refractivity contribution in [2.45, 2.75) is 33.7 Å². The number of carboxylic acid groups (broad SMARTS) is 1. The van der Waals surface area contributed by atoms with Crippen LogP contribution in [0, 0.1) is 13.8 Å². The Balaban J connectivity index is 2.96. The average Bonchev–Trinajstić information content (AvgIpc) is 2.24. The van der Waals surface area contributed by atoms with Gasteiger partial charge in [-0.2, -0.15) is 11.8 Å². The van der Waals surface area contributed by atoms with Crippen molar-refractivity contribution < 1.29 is 9.90 Å². The minimum atomic E-state index is -0.933. The molecule has 18 heavy (non-hydrogen) atoms. The lowest BCUT2D eigenvalue weighted by Crippen LogP contribution is -2.21. The molecule has 1 aromatic heterocycles. The second-order valence-electron chi connectivity index (χ2n) is 4.31. The quantitative estimate of drug-likeness (QED) is 0.830. The lowest BCUT2D eigenvalue weighted by molar-refractivity contribution is 0.0697. The maximum Gasteiger partial charge on any atom is 0.339 e. The molecule has 2 N–H and O–H groups in total. The summed E-state index contributed by atoms with van der Waals surface area (Å²) in [5.74, 6) is 1.53. The summed E-state index contributed by atoms with van der Waals surface area (Å²) >= 11 is 1.82. The lowest BCUT2D eigenvalue weighted by Gasteiger charge is -2.17. The molecule has 0 spiro atoms. The van der Waals surface area contributed by atoms with E-state index in [0.29, 0.717) is 5.82 Å². The predicted molar refractivity (Wildman–Crippen MR) is 76.8 cm³/mol. The van der Waals surface area contributed by atoms with Gasteiger partial charge in [0.15, 0.2) is 0 Å². The van der Waals surface area contributed by atoms with Crippen LogP contribution < -0.4 is 5.32 Å². The second-order valence-corrected chi connectivity index (χ2v) is 5.63. The first-order valence-electron chi connectivity index (χ1n) is 6.01. The molecule has 0 fully saturated rings. The molecule has 100 valence electrons. The number of nitrogens with one attached hydrogen (secondary N) is 1. The number of hydrogen-bond donors (Lipinski definition) is 2. The summed E-state index contributed by atoms with van der Waals surface area (Å²) in [7, 11) is 0. The number of aryl methyl sites for hydroxylation is 2. The molecule has 0 aliphatic rings. The first-order chi connectivity index (χ1) is 8.45. The molecular formula is C13H20N2O2S. The van der Waals surface area contributed by atoms with E-state index in [4.69, 9.17) is 0 Å². The summed E-state index contributed by atoms with van der Waals surface area (Å²) < 4.78 is 0. The molecule has 0 amide bonds. The monoisotopic (exact) mass is 268 g/mol. The van der Waals surface area contributed by atoms with Crippen molar-refractivity contribution in [3.63, 3.8) is 0 Å². The van der Waals surface area contributed by atoms with Crippen molar-refractivity contribution in [2.75, 3.05) is 16.8 Å². The topological polar surface area (TPSA) is 62.2 Å². The molecule has 1 unspecified atom stereocenters. The maximum atomic E-state index is 11.3. The van der Waals surface area contributed by atoms with Crippen molar-refractivity contribution in [3.8, 4) is 0 Å². The SMILES string of the molecule is CCSCC(C)Nc1nc(C)cc(C)c1C(=O)O. The molecule has 0 bridgehead atoms. The third-order valence-electron chi connectivity index (χ3n) is 2.51. The first kappa shape index (κ1) is 14.8. The Morgan fingerprint density at radius 3 is 2.78 bits per heavy atom. The molecule has 0 aliphatic carbocycles. The van der Waals surface area contributed by atoms with Gasteiger partial charge in [-0.25, -0.2) is 9.78 Å². The van der Waals surface area contributed by atoms with Crippen LogP contribution in [0.25, 0.3) is 0 Å². The van der Waals surface area contributed by atoms with Gasteiger partial charge in [-0.3, -0.25) is 0 Å². The summed E-state index contributed by atoms with van der Waals surface area (Å²) in [5, 5.41) is 12.4. The van der Waals surface area contributed by atoms with Crippen molar-refractivity contribution in [2.24, 2.45) is 0 Å². The Bertz CT molecular complexity index is 435. The number of carboxylic acids is 1. The van der Waals surface area contributed by atoms with Crippen LogP contribution in [-0.4, -0.2) is 33.6 Å². The van der Waals surface area contributed by atoms with Gasteiger partial charge in [-0.05, 0) is 38.2 Å². The summed E-state index contributed by atoms with van der Waals surface area (Å²) in [5.41, 5.74) is 1.84. The van der Waals surface area contributed by atoms with Gasteiger partial charge in [0.1, 0.15) is 11.4 Å². The number of nitrogens with zero attached hydrogens (tertiary/aromatic N) is 1. The van der Waals surface area contributed by atoms with Gasteiger partial charge in [-0.15, -0.1) is 0 Å². The van der Waals surface area contributed by atoms with Gasteiger partial charge in [0.05, 0.1) is 0 Å². The zero-order valence-electron chi connectivity index (χ0n) is 11.3. The summed E-state index contributed by atoms with van der Waals surface area (Å²) in [6, 6.07) is 1.99. The van der Waals surface area contributed by atoms with E-state index in [1.807, 2.05) is 25.6 Å². The van der Waals surface area contributed by atoms with Gasteiger partial charge in [0.2, 0.25) is 0 Å². The van der Waals surface area contributed by atoms with Crippen LogP contribution in [-0.2, 0) is 0 Å². The standard InChI is InChI=1S/C13H20N2O2S/c1-5-18-7-10(4)15-12-11(13(16)17)8(2)6-9(3)14-12/h6,10H,5,7H2,1-4H3,(H,14,15)(H,16,17). The van der Waals surface area contributed by atoms with Gasteiger partial charge in [0.25, 0.3) is 0 Å². The van der Waals surface area contributed by atoms with Crippen LogP contribution in [0.4, 0.5) is 5.82 Å². The summed E-state index contributed by atoms with van der Waals surface area (Å²) in [6.45, 7) is 7.81. The van der Waals surface area contributed by atoms with Crippen LogP contribution >= 0.6 is 11.8 Å². The molecule has 4 nitrogen and oxygen atoms in total. The van der Waals surface area contributed by atoms with Crippen molar-refractivity contribution >= 4 is 23.5 Å². The van der Waals surface area contributed by atoms with E-state index in [1.165, 1.54) is 0 Å². The molecule has 0 radical (unpaired) electrons. The van der Waals surface area contributed by atoms with Gasteiger partial charge in [-0.1, -0.05) is 6.92 Å². The third-order valence-corrected chi connectivity index (χ3v) is 3.66. The molecule has 1 heterocycles. The van der Waals surface area contributed by atoms with Crippen molar-refractivity contribution in [1.82, 2.24) is 4.98 Å². The van der Waals surface area contributed by atoms with Crippen LogP contribution in [0.3, 0.4) is 0 Å². The number of hydrogen-bond acceptors (Lipinski definition) is 4. The van der Waals surface area contributed by atoms with E-state index in [9.17, 15) is 9.90 Å². The van der Waals surface area contributed by atoms with Crippen molar-refractivity contribution in [3.05, 3.63) is 22.9 Å². The first-order valence-corrected chi connectivity index (χ1v) is 7.17. The normalized spacial score (nSPS) is 12.2. The van der Waals surface area contributed by atoms with E-state index in [2.05, 4.69) is 17.2 Å². The second kappa shape index (κ2) is 6.64. The van der Waals surface area contributed by atoms with Crippen molar-refractivity contribution in [1.29, 1.82) is 0 Å². The van der Waals surface area contributed by atoms with Crippen LogP contribution in [0.1, 0.15) is 35.5 Å². The number of carbonyl (C=O) groups is 1. The molecule has 1 aromatic rings. The largest absolute Gasteiger partial charge is 0.478 e. The minimum absolute atomic E-state index is 0.196. The Morgan fingerprint density at radius 2 is 2.22 bits per heavy atom. The predicted octanol–water partition coefficient (Wildman–Crippen LogP) is 2.95. The van der Waals surface area contributed by atoms with Crippen LogP contribution in [0.5, 0.6) is 0 Å². The van der Waals surface area contributed by atoms with Gasteiger partial charge in [0, 0.05) is 17.5 Å². The zero-order chi connectivity index (χ0) is 13.7. The average molecular weight is 268 g/mol. The summed E-state index contributed by atoms with van der Waals surface area (Å²) in [6.07, 6.45) is 0. The zero-order valence-corrected chi connectivity index (χ0v) is 12.1. The van der Waals surface area contributed by atoms with Crippen LogP contribution in [0.15, 0.2) is 6.07 Å². The maximum absolute atomic E-state index is 11.3. The molecule has 1 rings (SSSR count).